The van der Waals surface area contributed by atoms with Crippen molar-refractivity contribution in [2.45, 2.75) is 33.5 Å². The van der Waals surface area contributed by atoms with E-state index in [4.69, 9.17) is 36.3 Å². The van der Waals surface area contributed by atoms with Crippen molar-refractivity contribution in [3.05, 3.63) is 64.2 Å². The van der Waals surface area contributed by atoms with Crippen molar-refractivity contribution in [3.8, 4) is 5.75 Å². The molecule has 2 aromatic carbocycles. The van der Waals surface area contributed by atoms with Gasteiger partial charge in [0.25, 0.3) is 29.6 Å². The van der Waals surface area contributed by atoms with Gasteiger partial charge >= 0.3 is 0 Å². The van der Waals surface area contributed by atoms with Gasteiger partial charge in [0.2, 0.25) is 6.23 Å². The van der Waals surface area contributed by atoms with Gasteiger partial charge in [-0.15, -0.1) is 0 Å². The molecule has 1 aliphatic heterocycles. The lowest BCUT2D eigenvalue weighted by molar-refractivity contribution is -0.140. The molecule has 1 heterocycles. The number of aryl methyl sites for hydroxylation is 1. The first-order valence-electron chi connectivity index (χ1n) is 11.3. The van der Waals surface area contributed by atoms with Crippen LogP contribution in [-0.4, -0.2) is 64.9 Å². The first kappa shape index (κ1) is 29.5. The largest absolute Gasteiger partial charge is 0.483 e. The average Bonchev–Trinajstić information content (AvgIpc) is 3.10. The summed E-state index contributed by atoms with van der Waals surface area (Å²) in [5.41, 5.74) is 12.5. The summed E-state index contributed by atoms with van der Waals surface area (Å²) in [5.74, 6) is -3.50. The maximum absolute atomic E-state index is 13.0. The number of imide groups is 1. The molecule has 0 bridgehead atoms. The number of benzene rings is 2. The maximum atomic E-state index is 13.0. The van der Waals surface area contributed by atoms with Crippen molar-refractivity contribution < 1.29 is 38.6 Å². The summed E-state index contributed by atoms with van der Waals surface area (Å²) in [6, 6.07) is 9.46. The molecular weight excluding hydrogens is 498 g/mol. The Kier molecular flexibility index (Phi) is 10.0. The minimum atomic E-state index is -1.48. The number of nitrogens with two attached hydrogens (primary N) is 2. The molecule has 0 radical (unpaired) electrons. The van der Waals surface area contributed by atoms with Gasteiger partial charge in [-0.3, -0.25) is 29.4 Å². The van der Waals surface area contributed by atoms with Crippen LogP contribution in [0.2, 0.25) is 0 Å². The van der Waals surface area contributed by atoms with Crippen LogP contribution < -0.4 is 21.5 Å². The van der Waals surface area contributed by atoms with Crippen molar-refractivity contribution in [3.63, 3.8) is 0 Å². The quantitative estimate of drug-likeness (QED) is 0.165. The van der Waals surface area contributed by atoms with Crippen LogP contribution in [0.4, 0.5) is 0 Å². The second-order valence-corrected chi connectivity index (χ2v) is 8.01. The molecule has 0 saturated carbocycles. The molecule has 1 unspecified atom stereocenters. The number of nitrogens with one attached hydrogen (secondary N) is 2. The van der Waals surface area contributed by atoms with E-state index in [0.29, 0.717) is 16.7 Å². The maximum Gasteiger partial charge on any atom is 0.300 e. The number of hydrogen-bond donors (Lipinski definition) is 5. The summed E-state index contributed by atoms with van der Waals surface area (Å²) >= 11 is 0. The fourth-order valence-corrected chi connectivity index (χ4v) is 3.53. The molecule has 0 saturated heterocycles. The Morgan fingerprint density at radius 1 is 1.13 bits per heavy atom. The lowest BCUT2D eigenvalue weighted by atomic mass is 10.0. The van der Waals surface area contributed by atoms with Gasteiger partial charge in [0.05, 0.1) is 11.1 Å². The van der Waals surface area contributed by atoms with Gasteiger partial charge in [0.15, 0.2) is 6.61 Å². The predicted octanol–water partition coefficient (Wildman–Crippen LogP) is 0.509. The van der Waals surface area contributed by atoms with Gasteiger partial charge in [-0.1, -0.05) is 24.3 Å². The molecule has 2 aromatic rings. The number of aliphatic carboxylic acids is 1. The Bertz CT molecular complexity index is 1270. The second-order valence-electron chi connectivity index (χ2n) is 8.01. The third-order valence-electron chi connectivity index (χ3n) is 5.14. The van der Waals surface area contributed by atoms with E-state index in [-0.39, 0.29) is 35.9 Å². The standard InChI is InChI=1S/C23H25N5O6.C2H4O2/c1-3-33-23(28-21(31)15-6-4-5-12(2)18(15)22(28)32)20(30)27-10-14-8-7-13(19(25)26)9-16(14)34-11-17(24)29;1-2(3)4/h4-9,23H,3,10-11H2,1-2H3,(H2,24,29)(H3,25,26)(H,27,30);1H3,(H,3,4). The summed E-state index contributed by atoms with van der Waals surface area (Å²) in [4.78, 5) is 59.8. The fourth-order valence-electron chi connectivity index (χ4n) is 3.53. The monoisotopic (exact) mass is 527 g/mol. The van der Waals surface area contributed by atoms with Crippen LogP contribution in [0.5, 0.6) is 5.75 Å². The van der Waals surface area contributed by atoms with E-state index in [1.807, 2.05) is 0 Å². The smallest absolute Gasteiger partial charge is 0.300 e. The first-order chi connectivity index (χ1) is 17.9. The molecule has 0 fully saturated rings. The molecule has 13 heteroatoms. The SMILES string of the molecule is CC(=O)O.CCOC(C(=O)NCc1ccc(C(=N)N)cc1OCC(N)=O)N1C(=O)c2cccc(C)c2C1=O. The summed E-state index contributed by atoms with van der Waals surface area (Å²) in [6.45, 7) is 4.00. The van der Waals surface area contributed by atoms with Crippen molar-refractivity contribution in [2.75, 3.05) is 13.2 Å². The number of ether oxygens (including phenoxy) is 2. The van der Waals surface area contributed by atoms with Crippen molar-refractivity contribution in [1.82, 2.24) is 10.2 Å². The molecule has 4 amide bonds. The van der Waals surface area contributed by atoms with Crippen LogP contribution in [0.15, 0.2) is 36.4 Å². The van der Waals surface area contributed by atoms with E-state index in [2.05, 4.69) is 5.32 Å². The number of carbonyl (C=O) groups is 5. The van der Waals surface area contributed by atoms with Gasteiger partial charge in [-0.25, -0.2) is 4.90 Å². The molecule has 1 aliphatic rings. The number of amidine groups is 1. The Labute approximate surface area is 218 Å². The minimum absolute atomic E-state index is 0.0742. The summed E-state index contributed by atoms with van der Waals surface area (Å²) in [6.07, 6.45) is -1.48. The zero-order valence-corrected chi connectivity index (χ0v) is 21.1. The average molecular weight is 528 g/mol. The molecule has 1 atom stereocenters. The minimum Gasteiger partial charge on any atom is -0.483 e. The highest BCUT2D eigenvalue weighted by Crippen LogP contribution is 2.28. The lowest BCUT2D eigenvalue weighted by Gasteiger charge is -2.25. The second kappa shape index (κ2) is 13.0. The highest BCUT2D eigenvalue weighted by atomic mass is 16.5. The van der Waals surface area contributed by atoms with Gasteiger partial charge in [-0.2, -0.15) is 0 Å². The number of primary amides is 1. The number of amides is 4. The van der Waals surface area contributed by atoms with E-state index in [0.717, 1.165) is 11.8 Å². The zero-order chi connectivity index (χ0) is 28.6. The van der Waals surface area contributed by atoms with Crippen molar-refractivity contribution in [2.24, 2.45) is 11.5 Å². The highest BCUT2D eigenvalue weighted by molar-refractivity contribution is 6.23. The number of carboxylic acids is 1. The Balaban J connectivity index is 0.00000118. The van der Waals surface area contributed by atoms with Gasteiger partial charge < -0.3 is 31.4 Å². The molecule has 202 valence electrons. The number of carboxylic acid groups (broad SMARTS) is 1. The number of nitrogens with zero attached hydrogens (tertiary/aromatic N) is 1. The van der Waals surface area contributed by atoms with Gasteiger partial charge in [0.1, 0.15) is 11.6 Å². The van der Waals surface area contributed by atoms with Crippen LogP contribution in [0, 0.1) is 12.3 Å². The van der Waals surface area contributed by atoms with Crippen molar-refractivity contribution >= 4 is 35.4 Å². The molecule has 13 nitrogen and oxygen atoms in total. The number of hydrogen-bond acceptors (Lipinski definition) is 8. The Morgan fingerprint density at radius 3 is 2.34 bits per heavy atom. The van der Waals surface area contributed by atoms with E-state index in [1.165, 1.54) is 12.1 Å². The third kappa shape index (κ3) is 7.13. The topological polar surface area (TPSA) is 215 Å². The number of carbonyl (C=O) groups excluding carboxylic acids is 4. The van der Waals surface area contributed by atoms with Crippen molar-refractivity contribution in [1.29, 1.82) is 5.41 Å². The van der Waals surface area contributed by atoms with Crippen LogP contribution in [-0.2, 0) is 25.7 Å². The Morgan fingerprint density at radius 2 is 1.79 bits per heavy atom. The fraction of sp³-hybridized carbons (Fsp3) is 0.280. The van der Waals surface area contributed by atoms with Gasteiger partial charge in [0, 0.05) is 31.2 Å². The third-order valence-corrected chi connectivity index (χ3v) is 5.14. The zero-order valence-electron chi connectivity index (χ0n) is 21.1. The van der Waals surface area contributed by atoms with Crippen LogP contribution in [0.3, 0.4) is 0 Å². The van der Waals surface area contributed by atoms with Crippen LogP contribution in [0.1, 0.15) is 51.3 Å². The first-order valence-corrected chi connectivity index (χ1v) is 11.3. The predicted molar refractivity (Wildman–Crippen MR) is 134 cm³/mol. The molecule has 38 heavy (non-hydrogen) atoms. The molecule has 0 spiro atoms. The Hall–Kier alpha value is -4.78. The number of nitrogen functional groups attached to an aromatic ring is 1. The summed E-state index contributed by atoms with van der Waals surface area (Å²) in [7, 11) is 0. The van der Waals surface area contributed by atoms with Crippen LogP contribution in [0.25, 0.3) is 0 Å². The molecule has 3 rings (SSSR count). The van der Waals surface area contributed by atoms with Gasteiger partial charge in [-0.05, 0) is 31.5 Å². The lowest BCUT2D eigenvalue weighted by Crippen LogP contribution is -2.51. The molecule has 0 aromatic heterocycles. The van der Waals surface area contributed by atoms with E-state index in [9.17, 15) is 19.2 Å². The highest BCUT2D eigenvalue weighted by Gasteiger charge is 2.44. The van der Waals surface area contributed by atoms with E-state index < -0.39 is 42.4 Å². The molecule has 7 N–H and O–H groups in total. The van der Waals surface area contributed by atoms with Crippen LogP contribution >= 0.6 is 0 Å². The molecule has 0 aliphatic carbocycles. The van der Waals surface area contributed by atoms with E-state index >= 15 is 0 Å². The summed E-state index contributed by atoms with van der Waals surface area (Å²) < 4.78 is 10.9. The number of rotatable bonds is 10. The normalized spacial score (nSPS) is 12.7. The van der Waals surface area contributed by atoms with E-state index in [1.54, 1.807) is 38.1 Å². The molecular formula is C25H29N5O8. The summed E-state index contributed by atoms with van der Waals surface area (Å²) in [5, 5.41) is 17.6. The number of fused-ring (bicyclic) bond motifs is 1.